The van der Waals surface area contributed by atoms with E-state index < -0.39 is 29.1 Å². The molecule has 11 heteroatoms. The van der Waals surface area contributed by atoms with Gasteiger partial charge in [0.1, 0.15) is 6.54 Å². The van der Waals surface area contributed by atoms with Gasteiger partial charge in [0, 0.05) is 33.8 Å². The number of benzene rings is 2. The molecule has 2 aromatic carbocycles. The van der Waals surface area contributed by atoms with E-state index in [1.54, 1.807) is 10.6 Å². The van der Waals surface area contributed by atoms with Crippen molar-refractivity contribution >= 4 is 75.7 Å². The predicted octanol–water partition coefficient (Wildman–Crippen LogP) is 4.67. The van der Waals surface area contributed by atoms with Gasteiger partial charge in [-0.15, -0.1) is 0 Å². The minimum absolute atomic E-state index is 0. The van der Waals surface area contributed by atoms with E-state index in [2.05, 4.69) is 0 Å². The van der Waals surface area contributed by atoms with Crippen LogP contribution in [0.2, 0.25) is 5.02 Å². The van der Waals surface area contributed by atoms with Crippen molar-refractivity contribution in [1.29, 1.82) is 0 Å². The van der Waals surface area contributed by atoms with E-state index in [-0.39, 0.29) is 57.5 Å². The molecule has 1 aromatic heterocycles. The Balaban J connectivity index is 0.00000306. The van der Waals surface area contributed by atoms with Gasteiger partial charge in [0.05, 0.1) is 23.2 Å². The second-order valence-electron chi connectivity index (χ2n) is 7.43. The summed E-state index contributed by atoms with van der Waals surface area (Å²) >= 11 is 7.07. The molecular weight excluding hydrogens is 485 g/mol. The van der Waals surface area contributed by atoms with Crippen LogP contribution in [0.15, 0.2) is 40.1 Å². The first-order valence-corrected chi connectivity index (χ1v) is 10.9. The molecule has 1 aliphatic rings. The van der Waals surface area contributed by atoms with Gasteiger partial charge in [0.2, 0.25) is 0 Å². The molecule has 1 fully saturated rings. The average Bonchev–Trinajstić information content (AvgIpc) is 3.55. The fourth-order valence-corrected chi connectivity index (χ4v) is 4.98. The number of aromatic nitrogens is 1. The third-order valence-electron chi connectivity index (χ3n) is 5.40. The van der Waals surface area contributed by atoms with Crippen molar-refractivity contribution in [3.05, 3.63) is 58.2 Å². The molecule has 0 unspecified atom stereocenters. The van der Waals surface area contributed by atoms with Crippen LogP contribution in [0, 0.1) is 11.6 Å². The van der Waals surface area contributed by atoms with Gasteiger partial charge in [-0.05, 0) is 37.1 Å². The molecule has 1 amide bonds. The molecule has 0 bridgehead atoms. The van der Waals surface area contributed by atoms with Gasteiger partial charge in [-0.1, -0.05) is 29.4 Å². The molecule has 0 radical (unpaired) electrons. The number of halogens is 3. The van der Waals surface area contributed by atoms with E-state index in [4.69, 9.17) is 16.4 Å². The average molecular weight is 505 g/mol. The van der Waals surface area contributed by atoms with Crippen LogP contribution in [0.3, 0.4) is 0 Å². The maximum absolute atomic E-state index is 15.2. The van der Waals surface area contributed by atoms with Crippen LogP contribution in [-0.2, 0) is 16.2 Å². The number of amides is 1. The standard InChI is InChI=1S/C22H19ClF2N2O4S.Na.H/c1-26(31-2)16(28)10-27-19(11-6-7-11)21(13-8-9-14(23)18(25)20(13)27)32-15-5-3-4-12(17(15)24)22(29)30;;/h3-5,8-9,11H,6-7,10H2,1-2H3,(H,29,30);;. The minimum atomic E-state index is -1.37. The number of nitrogens with zero attached hydrogens (tertiary/aromatic N) is 2. The van der Waals surface area contributed by atoms with E-state index >= 15 is 4.39 Å². The Morgan fingerprint density at radius 3 is 2.55 bits per heavy atom. The van der Waals surface area contributed by atoms with E-state index in [1.165, 1.54) is 38.4 Å². The molecular formula is C22H20ClF2N2NaO4S. The van der Waals surface area contributed by atoms with E-state index in [9.17, 15) is 19.1 Å². The number of likely N-dealkylation sites (N-methyl/N-ethyl adjacent to an activating group) is 1. The molecule has 33 heavy (non-hydrogen) atoms. The zero-order chi connectivity index (χ0) is 23.2. The zero-order valence-electron chi connectivity index (χ0n) is 17.2. The summed E-state index contributed by atoms with van der Waals surface area (Å²) in [6, 6.07) is 7.17. The summed E-state index contributed by atoms with van der Waals surface area (Å²) in [5.41, 5.74) is 0.400. The number of carboxylic acids is 1. The summed E-state index contributed by atoms with van der Waals surface area (Å²) in [6.07, 6.45) is 1.68. The molecule has 0 saturated heterocycles. The van der Waals surface area contributed by atoms with Gasteiger partial charge in [0.15, 0.2) is 11.6 Å². The van der Waals surface area contributed by atoms with Gasteiger partial charge < -0.3 is 9.67 Å². The van der Waals surface area contributed by atoms with Crippen molar-refractivity contribution in [1.82, 2.24) is 9.63 Å². The third kappa shape index (κ3) is 4.94. The van der Waals surface area contributed by atoms with Crippen molar-refractivity contribution in [2.24, 2.45) is 0 Å². The Kier molecular flexibility index (Phi) is 8.14. The van der Waals surface area contributed by atoms with Crippen molar-refractivity contribution in [2.45, 2.75) is 35.1 Å². The molecule has 0 atom stereocenters. The number of hydroxylamine groups is 2. The Bertz CT molecular complexity index is 1250. The van der Waals surface area contributed by atoms with Crippen molar-refractivity contribution in [3.63, 3.8) is 0 Å². The number of hydrogen-bond donors (Lipinski definition) is 1. The quantitative estimate of drug-likeness (QED) is 0.374. The van der Waals surface area contributed by atoms with Crippen LogP contribution in [-0.4, -0.2) is 70.3 Å². The Hall–Kier alpha value is -1.62. The topological polar surface area (TPSA) is 71.8 Å². The van der Waals surface area contributed by atoms with Crippen LogP contribution >= 0.6 is 23.4 Å². The number of rotatable bonds is 7. The van der Waals surface area contributed by atoms with Gasteiger partial charge in [-0.3, -0.25) is 9.63 Å². The predicted molar refractivity (Wildman–Crippen MR) is 123 cm³/mol. The number of hydrogen-bond acceptors (Lipinski definition) is 4. The fraction of sp³-hybridized carbons (Fsp3) is 0.273. The summed E-state index contributed by atoms with van der Waals surface area (Å²) in [4.78, 5) is 29.6. The normalized spacial score (nSPS) is 13.1. The molecule has 0 spiro atoms. The molecule has 6 nitrogen and oxygen atoms in total. The molecule has 1 heterocycles. The summed E-state index contributed by atoms with van der Waals surface area (Å²) in [5.74, 6) is -3.25. The molecule has 170 valence electrons. The van der Waals surface area contributed by atoms with Crippen LogP contribution in [0.4, 0.5) is 8.78 Å². The molecule has 3 aromatic rings. The second kappa shape index (κ2) is 10.3. The SMILES string of the molecule is CON(C)C(=O)Cn1c(C2CC2)c(Sc2cccc(C(=O)O)c2F)c2ccc(Cl)c(F)c21.[NaH]. The summed E-state index contributed by atoms with van der Waals surface area (Å²) in [5, 5.41) is 10.7. The molecule has 0 aliphatic heterocycles. The number of carbonyl (C=O) groups is 2. The molecule has 4 rings (SSSR count). The van der Waals surface area contributed by atoms with Gasteiger partial charge in [-0.2, -0.15) is 0 Å². The van der Waals surface area contributed by atoms with E-state index in [1.807, 2.05) is 0 Å². The number of carbonyl (C=O) groups excluding carboxylic acids is 1. The Labute approximate surface area is 220 Å². The number of aromatic carboxylic acids is 1. The van der Waals surface area contributed by atoms with Gasteiger partial charge >= 0.3 is 35.5 Å². The first-order valence-electron chi connectivity index (χ1n) is 9.75. The summed E-state index contributed by atoms with van der Waals surface area (Å²) < 4.78 is 31.7. The van der Waals surface area contributed by atoms with Crippen molar-refractivity contribution < 1.29 is 28.3 Å². The number of fused-ring (bicyclic) bond motifs is 1. The third-order valence-corrected chi connectivity index (χ3v) is 6.86. The van der Waals surface area contributed by atoms with E-state index in [0.717, 1.165) is 29.7 Å². The first kappa shape index (κ1) is 26.0. The monoisotopic (exact) mass is 504 g/mol. The number of carboxylic acid groups (broad SMARTS) is 1. The van der Waals surface area contributed by atoms with Crippen LogP contribution < -0.4 is 0 Å². The van der Waals surface area contributed by atoms with Gasteiger partial charge in [0.25, 0.3) is 5.91 Å². The summed E-state index contributed by atoms with van der Waals surface area (Å²) in [6.45, 7) is -0.192. The van der Waals surface area contributed by atoms with Crippen LogP contribution in [0.25, 0.3) is 10.9 Å². The van der Waals surface area contributed by atoms with Crippen LogP contribution in [0.5, 0.6) is 0 Å². The molecule has 1 saturated carbocycles. The van der Waals surface area contributed by atoms with Crippen LogP contribution in [0.1, 0.15) is 34.8 Å². The fourth-order valence-electron chi connectivity index (χ4n) is 3.60. The molecule has 1 N–H and O–H groups in total. The Morgan fingerprint density at radius 2 is 1.94 bits per heavy atom. The van der Waals surface area contributed by atoms with Crippen molar-refractivity contribution in [3.8, 4) is 0 Å². The first-order chi connectivity index (χ1) is 15.2. The summed E-state index contributed by atoms with van der Waals surface area (Å²) in [7, 11) is 2.81. The van der Waals surface area contributed by atoms with Crippen molar-refractivity contribution in [2.75, 3.05) is 14.2 Å². The van der Waals surface area contributed by atoms with E-state index in [0.29, 0.717) is 16.0 Å². The zero-order valence-corrected chi connectivity index (χ0v) is 18.8. The van der Waals surface area contributed by atoms with Gasteiger partial charge in [-0.25, -0.2) is 18.6 Å². The Morgan fingerprint density at radius 1 is 1.24 bits per heavy atom. The second-order valence-corrected chi connectivity index (χ2v) is 8.89. The maximum atomic E-state index is 15.2. The molecule has 1 aliphatic carbocycles.